The third-order valence-electron chi connectivity index (χ3n) is 2.02. The standard InChI is InChI=1S/C8H8F2O.C6H13NO2.C2H6O/c9-7-3-1-2-6(4-5-11)8(7)10;1-6(2,3)9-5(8)7-4;1-3-2/h1-3,11H,4-5H2;1-4H3,(H,7,8);1-2H3. The van der Waals surface area contributed by atoms with E-state index in [9.17, 15) is 13.6 Å². The van der Waals surface area contributed by atoms with Crippen molar-refractivity contribution in [1.82, 2.24) is 5.32 Å². The molecule has 0 radical (unpaired) electrons. The molecule has 0 aromatic heterocycles. The predicted molar refractivity (Wildman–Crippen MR) is 85.4 cm³/mol. The Labute approximate surface area is 136 Å². The van der Waals surface area contributed by atoms with Crippen molar-refractivity contribution in [3.8, 4) is 0 Å². The normalized spacial score (nSPS) is 9.78. The molecule has 0 fully saturated rings. The fourth-order valence-electron chi connectivity index (χ4n) is 1.19. The van der Waals surface area contributed by atoms with E-state index in [1.165, 1.54) is 19.2 Å². The van der Waals surface area contributed by atoms with Crippen LogP contribution < -0.4 is 5.32 Å². The summed E-state index contributed by atoms with van der Waals surface area (Å²) in [7, 11) is 4.79. The SMILES string of the molecule is CNC(=O)OC(C)(C)C.COC.OCCc1cccc(F)c1F. The van der Waals surface area contributed by atoms with Crippen LogP contribution in [0.1, 0.15) is 26.3 Å². The number of amides is 1. The van der Waals surface area contributed by atoms with Gasteiger partial charge in [-0.25, -0.2) is 13.6 Å². The largest absolute Gasteiger partial charge is 0.444 e. The quantitative estimate of drug-likeness (QED) is 0.872. The van der Waals surface area contributed by atoms with E-state index in [-0.39, 0.29) is 30.3 Å². The van der Waals surface area contributed by atoms with Crippen LogP contribution in [0, 0.1) is 11.6 Å². The molecule has 2 N–H and O–H groups in total. The number of benzene rings is 1. The third kappa shape index (κ3) is 13.6. The number of rotatable bonds is 2. The Kier molecular flexibility index (Phi) is 13.1. The Balaban J connectivity index is 0. The summed E-state index contributed by atoms with van der Waals surface area (Å²) in [5.41, 5.74) is -0.174. The van der Waals surface area contributed by atoms with Gasteiger partial charge in [-0.05, 0) is 38.8 Å². The summed E-state index contributed by atoms with van der Waals surface area (Å²) in [6, 6.07) is 3.92. The van der Waals surface area contributed by atoms with Crippen molar-refractivity contribution in [1.29, 1.82) is 0 Å². The zero-order valence-electron chi connectivity index (χ0n) is 14.6. The molecule has 0 atom stereocenters. The predicted octanol–water partition coefficient (Wildman–Crippen LogP) is 2.90. The van der Waals surface area contributed by atoms with Gasteiger partial charge in [0.15, 0.2) is 11.6 Å². The molecule has 0 aliphatic heterocycles. The first-order valence-electron chi connectivity index (χ1n) is 6.97. The molecule has 0 saturated carbocycles. The molecule has 0 unspecified atom stereocenters. The first-order valence-corrected chi connectivity index (χ1v) is 6.97. The van der Waals surface area contributed by atoms with Gasteiger partial charge in [0, 0.05) is 27.9 Å². The maximum atomic E-state index is 12.7. The Morgan fingerprint density at radius 3 is 2.13 bits per heavy atom. The number of halogens is 2. The van der Waals surface area contributed by atoms with E-state index >= 15 is 0 Å². The van der Waals surface area contributed by atoms with Crippen molar-refractivity contribution in [3.63, 3.8) is 0 Å². The van der Waals surface area contributed by atoms with Gasteiger partial charge >= 0.3 is 6.09 Å². The average molecular weight is 335 g/mol. The van der Waals surface area contributed by atoms with Gasteiger partial charge in [-0.15, -0.1) is 0 Å². The second kappa shape index (κ2) is 12.8. The molecule has 0 spiro atoms. The van der Waals surface area contributed by atoms with Crippen molar-refractivity contribution in [2.45, 2.75) is 32.8 Å². The highest BCUT2D eigenvalue weighted by atomic mass is 19.2. The lowest BCUT2D eigenvalue weighted by Gasteiger charge is -2.18. The lowest BCUT2D eigenvalue weighted by molar-refractivity contribution is 0.0541. The van der Waals surface area contributed by atoms with Gasteiger partial charge in [-0.2, -0.15) is 0 Å². The Hall–Kier alpha value is -1.73. The molecule has 0 aliphatic carbocycles. The highest BCUT2D eigenvalue weighted by molar-refractivity contribution is 5.67. The summed E-state index contributed by atoms with van der Waals surface area (Å²) in [6.45, 7) is 5.30. The highest BCUT2D eigenvalue weighted by Crippen LogP contribution is 2.11. The van der Waals surface area contributed by atoms with Crippen LogP contribution in [-0.4, -0.2) is 44.7 Å². The zero-order valence-corrected chi connectivity index (χ0v) is 14.6. The summed E-state index contributed by atoms with van der Waals surface area (Å²) in [5, 5.41) is 10.8. The van der Waals surface area contributed by atoms with Crippen LogP contribution >= 0.6 is 0 Å². The van der Waals surface area contributed by atoms with Crippen molar-refractivity contribution in [2.24, 2.45) is 0 Å². The first-order chi connectivity index (χ1) is 10.6. The molecule has 5 nitrogen and oxygen atoms in total. The Morgan fingerprint density at radius 2 is 1.78 bits per heavy atom. The number of ether oxygens (including phenoxy) is 2. The minimum atomic E-state index is -0.865. The van der Waals surface area contributed by atoms with Crippen molar-refractivity contribution < 1.29 is 28.2 Å². The van der Waals surface area contributed by atoms with Crippen LogP contribution in [0.15, 0.2) is 18.2 Å². The number of hydrogen-bond donors (Lipinski definition) is 2. The number of alkyl carbamates (subject to hydrolysis) is 1. The minimum absolute atomic E-state index is 0.156. The maximum absolute atomic E-state index is 12.7. The molecule has 1 aromatic carbocycles. The molecule has 0 saturated heterocycles. The summed E-state index contributed by atoms with van der Waals surface area (Å²) >= 11 is 0. The van der Waals surface area contributed by atoms with E-state index in [0.29, 0.717) is 0 Å². The number of hydrogen-bond acceptors (Lipinski definition) is 4. The zero-order chi connectivity index (χ0) is 18.5. The van der Waals surface area contributed by atoms with Crippen molar-refractivity contribution in [2.75, 3.05) is 27.9 Å². The number of aliphatic hydroxyl groups is 1. The van der Waals surface area contributed by atoms with E-state index < -0.39 is 11.6 Å². The van der Waals surface area contributed by atoms with E-state index in [0.717, 1.165) is 6.07 Å². The topological polar surface area (TPSA) is 67.8 Å². The second-order valence-corrected chi connectivity index (χ2v) is 5.35. The molecule has 1 amide bonds. The molecular weight excluding hydrogens is 308 g/mol. The van der Waals surface area contributed by atoms with Crippen LogP contribution in [0.5, 0.6) is 0 Å². The van der Waals surface area contributed by atoms with E-state index in [1.54, 1.807) is 14.2 Å². The molecule has 23 heavy (non-hydrogen) atoms. The number of nitrogens with one attached hydrogen (secondary N) is 1. The van der Waals surface area contributed by atoms with Gasteiger partial charge < -0.3 is 19.9 Å². The second-order valence-electron chi connectivity index (χ2n) is 5.35. The molecule has 7 heteroatoms. The van der Waals surface area contributed by atoms with Gasteiger partial charge in [0.05, 0.1) is 0 Å². The monoisotopic (exact) mass is 335 g/mol. The van der Waals surface area contributed by atoms with Crippen LogP contribution in [0.3, 0.4) is 0 Å². The van der Waals surface area contributed by atoms with Crippen LogP contribution in [0.2, 0.25) is 0 Å². The Bertz CT molecular complexity index is 448. The molecular formula is C16H27F2NO4. The number of carbonyl (C=O) groups excluding carboxylic acids is 1. The van der Waals surface area contributed by atoms with Gasteiger partial charge in [0.1, 0.15) is 5.60 Å². The van der Waals surface area contributed by atoms with Crippen molar-refractivity contribution >= 4 is 6.09 Å². The first kappa shape index (κ1) is 23.5. The van der Waals surface area contributed by atoms with Crippen LogP contribution in [-0.2, 0) is 15.9 Å². The summed E-state index contributed by atoms with van der Waals surface area (Å²) in [5.74, 6) is -1.72. The number of aliphatic hydroxyl groups excluding tert-OH is 1. The smallest absolute Gasteiger partial charge is 0.407 e. The van der Waals surface area contributed by atoms with Gasteiger partial charge in [0.2, 0.25) is 0 Å². The Morgan fingerprint density at radius 1 is 1.26 bits per heavy atom. The molecule has 1 aromatic rings. The average Bonchev–Trinajstić information content (AvgIpc) is 2.44. The van der Waals surface area contributed by atoms with Crippen LogP contribution in [0.25, 0.3) is 0 Å². The lowest BCUT2D eigenvalue weighted by atomic mass is 10.1. The van der Waals surface area contributed by atoms with Gasteiger partial charge in [-0.1, -0.05) is 12.1 Å². The van der Waals surface area contributed by atoms with E-state index in [2.05, 4.69) is 10.1 Å². The number of methoxy groups -OCH3 is 1. The lowest BCUT2D eigenvalue weighted by Crippen LogP contribution is -2.30. The van der Waals surface area contributed by atoms with E-state index in [1.807, 2.05) is 20.8 Å². The van der Waals surface area contributed by atoms with Gasteiger partial charge in [0.25, 0.3) is 0 Å². The maximum Gasteiger partial charge on any atom is 0.407 e. The van der Waals surface area contributed by atoms with Crippen molar-refractivity contribution in [3.05, 3.63) is 35.4 Å². The third-order valence-corrected chi connectivity index (χ3v) is 2.02. The molecule has 0 bridgehead atoms. The summed E-state index contributed by atoms with van der Waals surface area (Å²) in [4.78, 5) is 10.5. The molecule has 0 aliphatic rings. The fourth-order valence-corrected chi connectivity index (χ4v) is 1.19. The highest BCUT2D eigenvalue weighted by Gasteiger charge is 2.13. The molecule has 134 valence electrons. The summed E-state index contributed by atoms with van der Waals surface area (Å²) in [6.07, 6.45) is -0.230. The van der Waals surface area contributed by atoms with E-state index in [4.69, 9.17) is 9.84 Å². The van der Waals surface area contributed by atoms with Crippen LogP contribution in [0.4, 0.5) is 13.6 Å². The minimum Gasteiger partial charge on any atom is -0.444 e. The summed E-state index contributed by atoms with van der Waals surface area (Å²) < 4.78 is 34.2. The van der Waals surface area contributed by atoms with Gasteiger partial charge in [-0.3, -0.25) is 0 Å². The fraction of sp³-hybridized carbons (Fsp3) is 0.562. The molecule has 1 rings (SSSR count). The number of carbonyl (C=O) groups is 1. The molecule has 0 heterocycles.